The number of amides is 1. The summed E-state index contributed by atoms with van der Waals surface area (Å²) in [6.07, 6.45) is 0.717. The Morgan fingerprint density at radius 3 is 2.14 bits per heavy atom. The third-order valence-electron chi connectivity index (χ3n) is 5.30. The molecular weight excluding hydrogens is 362 g/mol. The molecule has 4 nitrogen and oxygen atoms in total. The zero-order chi connectivity index (χ0) is 20.2. The number of benzene rings is 3. The van der Waals surface area contributed by atoms with Gasteiger partial charge in [-0.25, -0.2) is 0 Å². The van der Waals surface area contributed by atoms with Gasteiger partial charge in [0, 0.05) is 12.1 Å². The molecule has 0 spiro atoms. The van der Waals surface area contributed by atoms with Crippen molar-refractivity contribution in [1.82, 2.24) is 4.90 Å². The predicted molar refractivity (Wildman–Crippen MR) is 114 cm³/mol. The number of carbonyl (C=O) groups is 1. The van der Waals surface area contributed by atoms with Crippen molar-refractivity contribution < 1.29 is 14.6 Å². The van der Waals surface area contributed by atoms with E-state index in [-0.39, 0.29) is 17.7 Å². The molecule has 4 heteroatoms. The van der Waals surface area contributed by atoms with Crippen LogP contribution in [0.25, 0.3) is 5.57 Å². The van der Waals surface area contributed by atoms with Gasteiger partial charge in [0.25, 0.3) is 5.91 Å². The third kappa shape index (κ3) is 3.74. The van der Waals surface area contributed by atoms with Gasteiger partial charge in [-0.3, -0.25) is 4.79 Å². The number of hydrogen-bond acceptors (Lipinski definition) is 3. The monoisotopic (exact) mass is 385 g/mol. The Balaban J connectivity index is 1.72. The molecule has 3 aromatic carbocycles. The van der Waals surface area contributed by atoms with E-state index < -0.39 is 0 Å². The smallest absolute Gasteiger partial charge is 0.289 e. The van der Waals surface area contributed by atoms with E-state index >= 15 is 0 Å². The topological polar surface area (TPSA) is 49.8 Å². The minimum absolute atomic E-state index is 0.176. The van der Waals surface area contributed by atoms with E-state index in [1.165, 1.54) is 0 Å². The molecule has 4 rings (SSSR count). The van der Waals surface area contributed by atoms with Gasteiger partial charge in [0.2, 0.25) is 0 Å². The largest absolute Gasteiger partial charge is 0.503 e. The first-order valence-corrected chi connectivity index (χ1v) is 9.66. The van der Waals surface area contributed by atoms with Crippen LogP contribution in [0.3, 0.4) is 0 Å². The van der Waals surface area contributed by atoms with Crippen molar-refractivity contribution in [1.29, 1.82) is 0 Å². The van der Waals surface area contributed by atoms with E-state index in [4.69, 9.17) is 4.74 Å². The first-order valence-electron chi connectivity index (χ1n) is 9.66. The maximum absolute atomic E-state index is 13.0. The first-order chi connectivity index (χ1) is 14.2. The van der Waals surface area contributed by atoms with Gasteiger partial charge >= 0.3 is 0 Å². The Bertz CT molecular complexity index is 1010. The maximum Gasteiger partial charge on any atom is 0.289 e. The van der Waals surface area contributed by atoms with Crippen molar-refractivity contribution in [3.8, 4) is 5.75 Å². The van der Waals surface area contributed by atoms with Crippen molar-refractivity contribution in [2.45, 2.75) is 12.5 Å². The number of carbonyl (C=O) groups excluding carboxylic acids is 1. The number of ether oxygens (including phenoxy) is 1. The molecule has 0 bridgehead atoms. The fourth-order valence-electron chi connectivity index (χ4n) is 3.82. The highest BCUT2D eigenvalue weighted by atomic mass is 16.5. The lowest BCUT2D eigenvalue weighted by Crippen LogP contribution is -2.32. The second-order valence-corrected chi connectivity index (χ2v) is 7.04. The summed E-state index contributed by atoms with van der Waals surface area (Å²) >= 11 is 0. The van der Waals surface area contributed by atoms with Crippen molar-refractivity contribution in [2.24, 2.45) is 0 Å². The van der Waals surface area contributed by atoms with Crippen LogP contribution in [0.4, 0.5) is 0 Å². The highest BCUT2D eigenvalue weighted by Gasteiger charge is 2.40. The highest BCUT2D eigenvalue weighted by Crippen LogP contribution is 2.43. The van der Waals surface area contributed by atoms with Gasteiger partial charge in [0.1, 0.15) is 5.75 Å². The van der Waals surface area contributed by atoms with Gasteiger partial charge in [-0.05, 0) is 35.2 Å². The molecule has 1 heterocycles. The van der Waals surface area contributed by atoms with Crippen molar-refractivity contribution in [3.63, 3.8) is 0 Å². The summed E-state index contributed by atoms with van der Waals surface area (Å²) in [5, 5.41) is 10.8. The van der Waals surface area contributed by atoms with Crippen molar-refractivity contribution in [2.75, 3.05) is 13.7 Å². The second-order valence-electron chi connectivity index (χ2n) is 7.04. The summed E-state index contributed by atoms with van der Waals surface area (Å²) in [6.45, 7) is 0.514. The van der Waals surface area contributed by atoms with Gasteiger partial charge in [-0.15, -0.1) is 0 Å². The van der Waals surface area contributed by atoms with Crippen LogP contribution < -0.4 is 4.74 Å². The average molecular weight is 385 g/mol. The second kappa shape index (κ2) is 8.23. The van der Waals surface area contributed by atoms with Crippen molar-refractivity contribution >= 4 is 11.5 Å². The molecule has 0 saturated heterocycles. The molecule has 146 valence electrons. The fourth-order valence-corrected chi connectivity index (χ4v) is 3.82. The Labute approximate surface area is 170 Å². The van der Waals surface area contributed by atoms with Gasteiger partial charge in [-0.1, -0.05) is 72.8 Å². The van der Waals surface area contributed by atoms with Gasteiger partial charge in [0.05, 0.1) is 13.2 Å². The van der Waals surface area contributed by atoms with Crippen LogP contribution in [0.2, 0.25) is 0 Å². The summed E-state index contributed by atoms with van der Waals surface area (Å²) in [6, 6.07) is 27.0. The lowest BCUT2D eigenvalue weighted by molar-refractivity contribution is -0.129. The maximum atomic E-state index is 13.0. The molecule has 1 aliphatic heterocycles. The van der Waals surface area contributed by atoms with E-state index in [0.717, 1.165) is 22.4 Å². The van der Waals surface area contributed by atoms with Crippen LogP contribution in [0.5, 0.6) is 5.75 Å². The number of nitrogens with zero attached hydrogens (tertiary/aromatic N) is 1. The molecule has 0 aliphatic carbocycles. The molecule has 1 aliphatic rings. The SMILES string of the molecule is COc1ccc([C@H]2C(c3ccccc3)=C(O)C(=O)N2CCc2ccccc2)cc1. The molecule has 1 atom stereocenters. The number of aliphatic hydroxyl groups excluding tert-OH is 1. The lowest BCUT2D eigenvalue weighted by atomic mass is 9.93. The molecule has 0 saturated carbocycles. The summed E-state index contributed by atoms with van der Waals surface area (Å²) in [7, 11) is 1.63. The Morgan fingerprint density at radius 2 is 1.52 bits per heavy atom. The molecule has 29 heavy (non-hydrogen) atoms. The summed E-state index contributed by atoms with van der Waals surface area (Å²) in [5.41, 5.74) is 3.59. The average Bonchev–Trinajstić information content (AvgIpc) is 3.04. The van der Waals surface area contributed by atoms with Crippen LogP contribution in [0.1, 0.15) is 22.7 Å². The predicted octanol–water partition coefficient (Wildman–Crippen LogP) is 4.79. The zero-order valence-corrected chi connectivity index (χ0v) is 16.3. The van der Waals surface area contributed by atoms with E-state index in [0.29, 0.717) is 18.5 Å². The van der Waals surface area contributed by atoms with E-state index in [1.807, 2.05) is 84.9 Å². The third-order valence-corrected chi connectivity index (χ3v) is 5.30. The Morgan fingerprint density at radius 1 is 0.897 bits per heavy atom. The standard InChI is InChI=1S/C25H23NO3/c1-29-21-14-12-20(13-15-21)23-22(19-10-6-3-7-11-19)24(27)25(28)26(23)17-16-18-8-4-2-5-9-18/h2-15,23,27H,16-17H2,1H3/t23-/m0/s1. The summed E-state index contributed by atoms with van der Waals surface area (Å²) in [4.78, 5) is 14.8. The van der Waals surface area contributed by atoms with E-state index in [2.05, 4.69) is 0 Å². The van der Waals surface area contributed by atoms with Crippen LogP contribution in [0, 0.1) is 0 Å². The molecule has 1 N–H and O–H groups in total. The van der Waals surface area contributed by atoms with E-state index in [9.17, 15) is 9.90 Å². The Hall–Kier alpha value is -3.53. The molecule has 1 amide bonds. The first kappa shape index (κ1) is 18.8. The van der Waals surface area contributed by atoms with Crippen LogP contribution >= 0.6 is 0 Å². The van der Waals surface area contributed by atoms with Crippen LogP contribution in [-0.4, -0.2) is 29.6 Å². The highest BCUT2D eigenvalue weighted by molar-refractivity contribution is 6.05. The molecule has 0 unspecified atom stereocenters. The number of rotatable bonds is 6. The normalized spacial score (nSPS) is 16.4. The Kier molecular flexibility index (Phi) is 5.34. The summed E-state index contributed by atoms with van der Waals surface area (Å²) in [5.74, 6) is 0.244. The lowest BCUT2D eigenvalue weighted by Gasteiger charge is -2.27. The van der Waals surface area contributed by atoms with Gasteiger partial charge < -0.3 is 14.7 Å². The fraction of sp³-hybridized carbons (Fsp3) is 0.160. The molecule has 3 aromatic rings. The van der Waals surface area contributed by atoms with E-state index in [1.54, 1.807) is 12.0 Å². The van der Waals surface area contributed by atoms with Gasteiger partial charge in [-0.2, -0.15) is 0 Å². The summed E-state index contributed by atoms with van der Waals surface area (Å²) < 4.78 is 5.28. The molecule has 0 aromatic heterocycles. The quantitative estimate of drug-likeness (QED) is 0.664. The molecule has 0 fully saturated rings. The van der Waals surface area contributed by atoms with Crippen LogP contribution in [-0.2, 0) is 11.2 Å². The molecular formula is C25H23NO3. The number of hydrogen-bond donors (Lipinski definition) is 1. The minimum Gasteiger partial charge on any atom is -0.503 e. The van der Waals surface area contributed by atoms with Crippen LogP contribution in [0.15, 0.2) is 90.7 Å². The molecule has 0 radical (unpaired) electrons. The zero-order valence-electron chi connectivity index (χ0n) is 16.3. The van der Waals surface area contributed by atoms with Crippen molar-refractivity contribution in [3.05, 3.63) is 107 Å². The van der Waals surface area contributed by atoms with Gasteiger partial charge in [0.15, 0.2) is 5.76 Å². The number of aliphatic hydroxyl groups is 1. The minimum atomic E-state index is -0.348. The number of methoxy groups -OCH3 is 1.